The molecule has 24 heavy (non-hydrogen) atoms. The number of pyridine rings is 1. The molecule has 0 radical (unpaired) electrons. The highest BCUT2D eigenvalue weighted by atomic mass is 35.5. The summed E-state index contributed by atoms with van der Waals surface area (Å²) in [7, 11) is 3.28. The van der Waals surface area contributed by atoms with Crippen LogP contribution >= 0.6 is 11.6 Å². The number of aromatic nitrogens is 1. The molecule has 0 fully saturated rings. The first-order valence-corrected chi connectivity index (χ1v) is 7.76. The van der Waals surface area contributed by atoms with Crippen molar-refractivity contribution in [3.63, 3.8) is 0 Å². The van der Waals surface area contributed by atoms with Crippen LogP contribution in [0.4, 0.5) is 10.5 Å². The van der Waals surface area contributed by atoms with Crippen molar-refractivity contribution in [3.8, 4) is 0 Å². The first-order chi connectivity index (χ1) is 11.4. The predicted octanol–water partition coefficient (Wildman–Crippen LogP) is 3.32. The van der Waals surface area contributed by atoms with E-state index in [0.717, 1.165) is 5.56 Å². The molecule has 0 saturated carbocycles. The average molecular weight is 347 g/mol. The summed E-state index contributed by atoms with van der Waals surface area (Å²) in [5, 5.41) is 6.09. The Hall–Kier alpha value is -2.60. The molecular weight excluding hydrogens is 328 g/mol. The minimum Gasteiger partial charge on any atom is -0.343 e. The normalized spacial score (nSPS) is 11.5. The topological polar surface area (TPSA) is 74.3 Å². The molecule has 126 valence electrons. The molecule has 0 saturated heterocycles. The lowest BCUT2D eigenvalue weighted by molar-refractivity contribution is 0.0822. The lowest BCUT2D eigenvalue weighted by Gasteiger charge is -2.16. The maximum Gasteiger partial charge on any atom is 0.319 e. The maximum atomic E-state index is 12.1. The molecule has 3 amide bonds. The van der Waals surface area contributed by atoms with Gasteiger partial charge in [0.05, 0.1) is 6.04 Å². The van der Waals surface area contributed by atoms with Crippen LogP contribution in [0.2, 0.25) is 5.02 Å². The third-order valence-electron chi connectivity index (χ3n) is 3.36. The fourth-order valence-electron chi connectivity index (χ4n) is 2.12. The van der Waals surface area contributed by atoms with Gasteiger partial charge in [-0.1, -0.05) is 29.8 Å². The zero-order valence-corrected chi connectivity index (χ0v) is 14.5. The van der Waals surface area contributed by atoms with Gasteiger partial charge in [-0.25, -0.2) is 4.79 Å². The minimum atomic E-state index is -0.392. The Balaban J connectivity index is 2.04. The molecule has 0 aliphatic heterocycles. The molecule has 0 spiro atoms. The Morgan fingerprint density at radius 1 is 1.21 bits per heavy atom. The second-order valence-corrected chi connectivity index (χ2v) is 5.88. The number of hydrogen-bond acceptors (Lipinski definition) is 3. The fourth-order valence-corrected chi connectivity index (χ4v) is 2.42. The number of amides is 3. The van der Waals surface area contributed by atoms with Crippen molar-refractivity contribution in [1.82, 2.24) is 15.2 Å². The summed E-state index contributed by atoms with van der Waals surface area (Å²) < 4.78 is 0. The Kier molecular flexibility index (Phi) is 5.76. The van der Waals surface area contributed by atoms with Gasteiger partial charge in [0.1, 0.15) is 5.69 Å². The SMILES string of the molecule is C[C@@H](NC(=O)Nc1ccnc(C(=O)N(C)C)c1)c1ccccc1Cl. The van der Waals surface area contributed by atoms with E-state index in [1.54, 1.807) is 26.2 Å². The van der Waals surface area contributed by atoms with Crippen molar-refractivity contribution in [3.05, 3.63) is 58.9 Å². The lowest BCUT2D eigenvalue weighted by Crippen LogP contribution is -2.31. The third-order valence-corrected chi connectivity index (χ3v) is 3.71. The van der Waals surface area contributed by atoms with Gasteiger partial charge in [0.25, 0.3) is 5.91 Å². The number of urea groups is 1. The van der Waals surface area contributed by atoms with Gasteiger partial charge in [0, 0.05) is 31.0 Å². The Bertz CT molecular complexity index is 749. The highest BCUT2D eigenvalue weighted by molar-refractivity contribution is 6.31. The summed E-state index contributed by atoms with van der Waals surface area (Å²) in [6.45, 7) is 1.84. The van der Waals surface area contributed by atoms with E-state index >= 15 is 0 Å². The summed E-state index contributed by atoms with van der Waals surface area (Å²) in [6, 6.07) is 9.81. The number of anilines is 1. The van der Waals surface area contributed by atoms with E-state index in [4.69, 9.17) is 11.6 Å². The van der Waals surface area contributed by atoms with Crippen molar-refractivity contribution in [2.24, 2.45) is 0 Å². The van der Waals surface area contributed by atoms with E-state index in [2.05, 4.69) is 15.6 Å². The zero-order valence-electron chi connectivity index (χ0n) is 13.7. The second kappa shape index (κ2) is 7.79. The number of hydrogen-bond donors (Lipinski definition) is 2. The number of rotatable bonds is 4. The summed E-state index contributed by atoms with van der Waals surface area (Å²) in [4.78, 5) is 29.5. The number of carbonyl (C=O) groups excluding carboxylic acids is 2. The largest absolute Gasteiger partial charge is 0.343 e. The molecule has 0 aliphatic carbocycles. The molecule has 1 atom stereocenters. The average Bonchev–Trinajstić information content (AvgIpc) is 2.54. The third kappa shape index (κ3) is 4.45. The molecule has 6 nitrogen and oxygen atoms in total. The molecule has 7 heteroatoms. The van der Waals surface area contributed by atoms with Crippen molar-refractivity contribution < 1.29 is 9.59 Å². The minimum absolute atomic E-state index is 0.233. The van der Waals surface area contributed by atoms with E-state index in [9.17, 15) is 9.59 Å². The van der Waals surface area contributed by atoms with Crippen molar-refractivity contribution in [2.45, 2.75) is 13.0 Å². The van der Waals surface area contributed by atoms with Gasteiger partial charge in [0.2, 0.25) is 0 Å². The molecule has 2 rings (SSSR count). The monoisotopic (exact) mass is 346 g/mol. The van der Waals surface area contributed by atoms with Gasteiger partial charge >= 0.3 is 6.03 Å². The molecule has 2 aromatic rings. The van der Waals surface area contributed by atoms with E-state index in [-0.39, 0.29) is 17.6 Å². The summed E-state index contributed by atoms with van der Waals surface area (Å²) in [5.74, 6) is -0.233. The van der Waals surface area contributed by atoms with Crippen molar-refractivity contribution in [2.75, 3.05) is 19.4 Å². The van der Waals surface area contributed by atoms with Gasteiger partial charge in [-0.3, -0.25) is 9.78 Å². The van der Waals surface area contributed by atoms with Gasteiger partial charge < -0.3 is 15.5 Å². The molecule has 1 aromatic carbocycles. The number of carbonyl (C=O) groups is 2. The Morgan fingerprint density at radius 3 is 2.58 bits per heavy atom. The first kappa shape index (κ1) is 17.7. The smallest absolute Gasteiger partial charge is 0.319 e. The van der Waals surface area contributed by atoms with Crippen LogP contribution in [-0.4, -0.2) is 35.9 Å². The zero-order chi connectivity index (χ0) is 17.7. The highest BCUT2D eigenvalue weighted by Crippen LogP contribution is 2.22. The Labute approximate surface area is 145 Å². The fraction of sp³-hybridized carbons (Fsp3) is 0.235. The van der Waals surface area contributed by atoms with Crippen LogP contribution in [0.5, 0.6) is 0 Å². The molecule has 0 aliphatic rings. The van der Waals surface area contributed by atoms with E-state index in [0.29, 0.717) is 10.7 Å². The number of benzene rings is 1. The van der Waals surface area contributed by atoms with Crippen molar-refractivity contribution >= 4 is 29.2 Å². The second-order valence-electron chi connectivity index (χ2n) is 5.47. The number of nitrogens with zero attached hydrogens (tertiary/aromatic N) is 2. The molecule has 2 N–H and O–H groups in total. The van der Waals surface area contributed by atoms with Crippen LogP contribution in [0.3, 0.4) is 0 Å². The molecule has 0 bridgehead atoms. The quantitative estimate of drug-likeness (QED) is 0.891. The van der Waals surface area contributed by atoms with E-state index in [1.165, 1.54) is 17.2 Å². The van der Waals surface area contributed by atoms with E-state index < -0.39 is 6.03 Å². The van der Waals surface area contributed by atoms with Crippen LogP contribution in [0.1, 0.15) is 29.0 Å². The summed E-state index contributed by atoms with van der Waals surface area (Å²) >= 11 is 6.13. The number of halogens is 1. The first-order valence-electron chi connectivity index (χ1n) is 7.38. The predicted molar refractivity (Wildman–Crippen MR) is 94.3 cm³/mol. The standard InChI is InChI=1S/C17H19ClN4O2/c1-11(13-6-4-5-7-14(13)18)20-17(24)21-12-8-9-19-15(10-12)16(23)22(2)3/h4-11H,1-3H3,(H2,19,20,21,24)/t11-/m1/s1. The van der Waals surface area contributed by atoms with Crippen molar-refractivity contribution in [1.29, 1.82) is 0 Å². The number of nitrogens with one attached hydrogen (secondary N) is 2. The van der Waals surface area contributed by atoms with Crippen LogP contribution in [0, 0.1) is 0 Å². The summed E-state index contributed by atoms with van der Waals surface area (Å²) in [5.41, 5.74) is 1.57. The van der Waals surface area contributed by atoms with Crippen LogP contribution < -0.4 is 10.6 Å². The maximum absolute atomic E-state index is 12.1. The lowest BCUT2D eigenvalue weighted by atomic mass is 10.1. The van der Waals surface area contributed by atoms with Crippen LogP contribution in [0.25, 0.3) is 0 Å². The van der Waals surface area contributed by atoms with Crippen LogP contribution in [0.15, 0.2) is 42.6 Å². The molecule has 1 heterocycles. The van der Waals surface area contributed by atoms with Gasteiger partial charge in [-0.05, 0) is 30.7 Å². The van der Waals surface area contributed by atoms with Gasteiger partial charge in [-0.15, -0.1) is 0 Å². The molecule has 1 aromatic heterocycles. The van der Waals surface area contributed by atoms with Crippen LogP contribution in [-0.2, 0) is 0 Å². The molecular formula is C17H19ClN4O2. The van der Waals surface area contributed by atoms with Gasteiger partial charge in [0.15, 0.2) is 0 Å². The Morgan fingerprint density at radius 2 is 1.92 bits per heavy atom. The summed E-state index contributed by atoms with van der Waals surface area (Å²) in [6.07, 6.45) is 1.48. The molecule has 0 unspecified atom stereocenters. The highest BCUT2D eigenvalue weighted by Gasteiger charge is 2.14. The van der Waals surface area contributed by atoms with E-state index in [1.807, 2.05) is 25.1 Å². The van der Waals surface area contributed by atoms with Gasteiger partial charge in [-0.2, -0.15) is 0 Å².